The SMILES string of the molecule is Cc1cc(Br)c(C(C)CCN)s1. The Morgan fingerprint density at radius 1 is 1.67 bits per heavy atom. The molecule has 1 aromatic heterocycles. The van der Waals surface area contributed by atoms with E-state index in [0.717, 1.165) is 13.0 Å². The average molecular weight is 248 g/mol. The van der Waals surface area contributed by atoms with E-state index >= 15 is 0 Å². The van der Waals surface area contributed by atoms with Gasteiger partial charge in [0, 0.05) is 14.2 Å². The first-order valence-corrected chi connectivity index (χ1v) is 5.72. The summed E-state index contributed by atoms with van der Waals surface area (Å²) < 4.78 is 1.24. The lowest BCUT2D eigenvalue weighted by Crippen LogP contribution is -2.03. The summed E-state index contributed by atoms with van der Waals surface area (Å²) in [5, 5.41) is 0. The zero-order valence-electron chi connectivity index (χ0n) is 7.43. The van der Waals surface area contributed by atoms with Crippen molar-refractivity contribution < 1.29 is 0 Å². The molecular weight excluding hydrogens is 234 g/mol. The minimum atomic E-state index is 0.586. The molecule has 1 aromatic rings. The molecule has 0 bridgehead atoms. The van der Waals surface area contributed by atoms with Crippen molar-refractivity contribution in [3.63, 3.8) is 0 Å². The van der Waals surface area contributed by atoms with Crippen LogP contribution in [0.2, 0.25) is 0 Å². The molecule has 0 saturated heterocycles. The van der Waals surface area contributed by atoms with Crippen molar-refractivity contribution in [3.05, 3.63) is 20.3 Å². The molecule has 0 aliphatic rings. The molecule has 3 heteroatoms. The second kappa shape index (κ2) is 4.40. The number of hydrogen-bond donors (Lipinski definition) is 1. The molecule has 1 unspecified atom stereocenters. The highest BCUT2D eigenvalue weighted by atomic mass is 79.9. The fourth-order valence-electron chi connectivity index (χ4n) is 1.22. The first-order valence-electron chi connectivity index (χ1n) is 4.11. The van der Waals surface area contributed by atoms with E-state index in [9.17, 15) is 0 Å². The van der Waals surface area contributed by atoms with Gasteiger partial charge in [0.25, 0.3) is 0 Å². The van der Waals surface area contributed by atoms with Crippen LogP contribution in [0.1, 0.15) is 29.0 Å². The molecule has 0 aliphatic heterocycles. The van der Waals surface area contributed by atoms with Gasteiger partial charge in [-0.15, -0.1) is 11.3 Å². The lowest BCUT2D eigenvalue weighted by Gasteiger charge is -2.07. The summed E-state index contributed by atoms with van der Waals surface area (Å²) in [5.74, 6) is 0.586. The van der Waals surface area contributed by atoms with Crippen LogP contribution in [0.5, 0.6) is 0 Å². The average Bonchev–Trinajstić information content (AvgIpc) is 2.30. The molecule has 1 heterocycles. The molecule has 0 radical (unpaired) electrons. The predicted molar refractivity (Wildman–Crippen MR) is 58.8 cm³/mol. The molecule has 0 spiro atoms. The fourth-order valence-corrected chi connectivity index (χ4v) is 3.35. The van der Waals surface area contributed by atoms with Gasteiger partial charge >= 0.3 is 0 Å². The Labute approximate surface area is 86.1 Å². The summed E-state index contributed by atoms with van der Waals surface area (Å²) in [6.45, 7) is 5.13. The summed E-state index contributed by atoms with van der Waals surface area (Å²) in [6.07, 6.45) is 1.07. The summed E-state index contributed by atoms with van der Waals surface area (Å²) in [5.41, 5.74) is 5.51. The maximum atomic E-state index is 5.51. The van der Waals surface area contributed by atoms with Crippen LogP contribution in [0.15, 0.2) is 10.5 Å². The fraction of sp³-hybridized carbons (Fsp3) is 0.556. The number of rotatable bonds is 3. The number of nitrogens with two attached hydrogens (primary N) is 1. The highest BCUT2D eigenvalue weighted by molar-refractivity contribution is 9.10. The van der Waals surface area contributed by atoms with Gasteiger partial charge in [0.1, 0.15) is 0 Å². The van der Waals surface area contributed by atoms with Crippen molar-refractivity contribution in [2.24, 2.45) is 5.73 Å². The van der Waals surface area contributed by atoms with Crippen molar-refractivity contribution in [2.75, 3.05) is 6.54 Å². The number of aryl methyl sites for hydroxylation is 1. The monoisotopic (exact) mass is 247 g/mol. The molecule has 1 nitrogen and oxygen atoms in total. The van der Waals surface area contributed by atoms with Crippen LogP contribution in [0.4, 0.5) is 0 Å². The van der Waals surface area contributed by atoms with Gasteiger partial charge in [-0.25, -0.2) is 0 Å². The van der Waals surface area contributed by atoms with Crippen molar-refractivity contribution in [1.29, 1.82) is 0 Å². The van der Waals surface area contributed by atoms with Crippen LogP contribution in [0, 0.1) is 6.92 Å². The van der Waals surface area contributed by atoms with Crippen LogP contribution < -0.4 is 5.73 Å². The van der Waals surface area contributed by atoms with E-state index in [1.807, 2.05) is 11.3 Å². The molecule has 0 aliphatic carbocycles. The van der Waals surface area contributed by atoms with Crippen LogP contribution in [0.3, 0.4) is 0 Å². The van der Waals surface area contributed by atoms with E-state index in [1.165, 1.54) is 14.2 Å². The molecule has 68 valence electrons. The highest BCUT2D eigenvalue weighted by Gasteiger charge is 2.11. The van der Waals surface area contributed by atoms with Gasteiger partial charge in [0.2, 0.25) is 0 Å². The van der Waals surface area contributed by atoms with Gasteiger partial charge in [-0.05, 0) is 47.8 Å². The van der Waals surface area contributed by atoms with E-state index in [-0.39, 0.29) is 0 Å². The van der Waals surface area contributed by atoms with Crippen LogP contribution >= 0.6 is 27.3 Å². The van der Waals surface area contributed by atoms with Crippen molar-refractivity contribution in [3.8, 4) is 0 Å². The molecular formula is C9H14BrNS. The lowest BCUT2D eigenvalue weighted by atomic mass is 10.1. The lowest BCUT2D eigenvalue weighted by molar-refractivity contribution is 0.699. The van der Waals surface area contributed by atoms with Crippen molar-refractivity contribution >= 4 is 27.3 Å². The van der Waals surface area contributed by atoms with E-state index in [1.54, 1.807) is 0 Å². The largest absolute Gasteiger partial charge is 0.330 e. The summed E-state index contributed by atoms with van der Waals surface area (Å²) in [7, 11) is 0. The van der Waals surface area contributed by atoms with Crippen molar-refractivity contribution in [1.82, 2.24) is 0 Å². The molecule has 0 aromatic carbocycles. The highest BCUT2D eigenvalue weighted by Crippen LogP contribution is 2.34. The molecule has 1 atom stereocenters. The van der Waals surface area contributed by atoms with Gasteiger partial charge in [-0.1, -0.05) is 6.92 Å². The smallest absolute Gasteiger partial charge is 0.0319 e. The molecule has 2 N–H and O–H groups in total. The Balaban J connectivity index is 2.79. The Morgan fingerprint density at radius 3 is 2.75 bits per heavy atom. The van der Waals surface area contributed by atoms with Gasteiger partial charge < -0.3 is 5.73 Å². The summed E-state index contributed by atoms with van der Waals surface area (Å²) in [4.78, 5) is 2.79. The normalized spacial score (nSPS) is 13.3. The van der Waals surface area contributed by atoms with Crippen LogP contribution in [0.25, 0.3) is 0 Å². The Kier molecular flexibility index (Phi) is 3.75. The van der Waals surface area contributed by atoms with E-state index in [0.29, 0.717) is 5.92 Å². The van der Waals surface area contributed by atoms with E-state index in [2.05, 4.69) is 35.8 Å². The number of thiophene rings is 1. The summed E-state index contributed by atoms with van der Waals surface area (Å²) >= 11 is 5.42. The van der Waals surface area contributed by atoms with Gasteiger partial charge in [-0.3, -0.25) is 0 Å². The second-order valence-corrected chi connectivity index (χ2v) is 5.19. The number of hydrogen-bond acceptors (Lipinski definition) is 2. The molecule has 12 heavy (non-hydrogen) atoms. The Bertz CT molecular complexity index is 257. The Hall–Kier alpha value is 0.140. The van der Waals surface area contributed by atoms with E-state index < -0.39 is 0 Å². The van der Waals surface area contributed by atoms with Crippen LogP contribution in [-0.4, -0.2) is 6.54 Å². The van der Waals surface area contributed by atoms with Gasteiger partial charge in [0.15, 0.2) is 0 Å². The standard InChI is InChI=1S/C9H14BrNS/c1-6(3-4-11)9-8(10)5-7(2)12-9/h5-6H,3-4,11H2,1-2H3. The van der Waals surface area contributed by atoms with Gasteiger partial charge in [0.05, 0.1) is 0 Å². The van der Waals surface area contributed by atoms with E-state index in [4.69, 9.17) is 5.73 Å². The Morgan fingerprint density at radius 2 is 2.33 bits per heavy atom. The third kappa shape index (κ3) is 2.31. The zero-order valence-corrected chi connectivity index (χ0v) is 9.83. The first kappa shape index (κ1) is 10.2. The molecule has 0 saturated carbocycles. The van der Waals surface area contributed by atoms with Crippen molar-refractivity contribution in [2.45, 2.75) is 26.2 Å². The quantitative estimate of drug-likeness (QED) is 0.872. The summed E-state index contributed by atoms with van der Waals surface area (Å²) in [6, 6.07) is 2.17. The molecule has 0 fully saturated rings. The minimum absolute atomic E-state index is 0.586. The first-order chi connectivity index (χ1) is 5.65. The molecule has 0 amide bonds. The predicted octanol–water partition coefficient (Wildman–Crippen LogP) is 3.27. The van der Waals surface area contributed by atoms with Crippen LogP contribution in [-0.2, 0) is 0 Å². The topological polar surface area (TPSA) is 26.0 Å². The maximum absolute atomic E-state index is 5.51. The molecule has 1 rings (SSSR count). The second-order valence-electron chi connectivity index (χ2n) is 3.05. The van der Waals surface area contributed by atoms with Gasteiger partial charge in [-0.2, -0.15) is 0 Å². The maximum Gasteiger partial charge on any atom is 0.0319 e. The number of halogens is 1. The third-order valence-corrected chi connectivity index (χ3v) is 4.08. The third-order valence-electron chi connectivity index (χ3n) is 1.88. The minimum Gasteiger partial charge on any atom is -0.330 e. The zero-order chi connectivity index (χ0) is 9.14.